The van der Waals surface area contributed by atoms with Crippen LogP contribution < -0.4 is 10.7 Å². The first-order valence-corrected chi connectivity index (χ1v) is 8.63. The lowest BCUT2D eigenvalue weighted by Gasteiger charge is -2.22. The summed E-state index contributed by atoms with van der Waals surface area (Å²) in [6.07, 6.45) is 8.58. The van der Waals surface area contributed by atoms with Crippen LogP contribution in [0, 0.1) is 12.3 Å². The van der Waals surface area contributed by atoms with E-state index in [1.807, 2.05) is 31.3 Å². The number of aryl methyl sites for hydroxylation is 1. The Labute approximate surface area is 146 Å². The Balaban J connectivity index is 2.02. The molecule has 1 saturated heterocycles. The maximum atomic E-state index is 10.3. The zero-order chi connectivity index (χ0) is 17.2. The summed E-state index contributed by atoms with van der Waals surface area (Å²) < 4.78 is 5.62. The number of benzene rings is 1. The van der Waals surface area contributed by atoms with Crippen molar-refractivity contribution in [3.8, 4) is 0 Å². The zero-order valence-corrected chi connectivity index (χ0v) is 14.4. The van der Waals surface area contributed by atoms with Crippen molar-refractivity contribution in [3.05, 3.63) is 40.4 Å². The predicted octanol–water partition coefficient (Wildman–Crippen LogP) is 2.77. The molecule has 1 heterocycles. The molecule has 1 aliphatic heterocycles. The first kappa shape index (κ1) is 18.2. The standard InChI is InChI=1S/C17H22N4O2S/c1-13-5-6-15(8-14(13)10-20-21-12-22)24-16(9-18)11-19-17-4-2-3-7-23-17/h5-6,8-12,17-19H,2-4,7H2,1H3,(H,21,22)/b16-11+,18-9?,20-10-. The van der Waals surface area contributed by atoms with Gasteiger partial charge in [0.05, 0.1) is 6.21 Å². The van der Waals surface area contributed by atoms with Crippen molar-refractivity contribution in [2.24, 2.45) is 5.10 Å². The Morgan fingerprint density at radius 2 is 2.33 bits per heavy atom. The third kappa shape index (κ3) is 5.82. The molecule has 1 aliphatic rings. The second-order valence-electron chi connectivity index (χ2n) is 5.34. The number of thioether (sulfide) groups is 1. The van der Waals surface area contributed by atoms with E-state index in [9.17, 15) is 4.79 Å². The molecule has 7 heteroatoms. The predicted molar refractivity (Wildman–Crippen MR) is 97.4 cm³/mol. The fourth-order valence-electron chi connectivity index (χ4n) is 2.24. The molecule has 0 aliphatic carbocycles. The third-order valence-corrected chi connectivity index (χ3v) is 4.51. The van der Waals surface area contributed by atoms with Crippen LogP contribution in [-0.4, -0.2) is 31.7 Å². The van der Waals surface area contributed by atoms with Gasteiger partial charge in [-0.1, -0.05) is 17.8 Å². The number of carbonyl (C=O) groups excluding carboxylic acids is 1. The van der Waals surface area contributed by atoms with E-state index in [0.29, 0.717) is 6.41 Å². The summed E-state index contributed by atoms with van der Waals surface area (Å²) in [5, 5.41) is 14.6. The molecule has 0 bridgehead atoms. The Hall–Kier alpha value is -2.12. The minimum absolute atomic E-state index is 0.0319. The molecule has 2 rings (SSSR count). The summed E-state index contributed by atoms with van der Waals surface area (Å²) in [6.45, 7) is 2.76. The van der Waals surface area contributed by atoms with E-state index in [2.05, 4.69) is 15.8 Å². The summed E-state index contributed by atoms with van der Waals surface area (Å²) in [7, 11) is 0. The van der Waals surface area contributed by atoms with Gasteiger partial charge >= 0.3 is 0 Å². The molecule has 1 aromatic carbocycles. The van der Waals surface area contributed by atoms with E-state index in [1.54, 1.807) is 6.21 Å². The van der Waals surface area contributed by atoms with Crippen LogP contribution in [0.4, 0.5) is 0 Å². The number of carbonyl (C=O) groups is 1. The van der Waals surface area contributed by atoms with E-state index in [0.717, 1.165) is 46.8 Å². The fourth-order valence-corrected chi connectivity index (χ4v) is 3.02. The second kappa shape index (κ2) is 9.89. The van der Waals surface area contributed by atoms with E-state index in [4.69, 9.17) is 10.1 Å². The van der Waals surface area contributed by atoms with E-state index < -0.39 is 0 Å². The molecule has 0 aromatic heterocycles. The first-order valence-electron chi connectivity index (χ1n) is 7.82. The SMILES string of the molecule is Cc1ccc(S/C(C=N)=C/NC2CCCCO2)cc1/C=N\NC=O. The molecule has 1 amide bonds. The van der Waals surface area contributed by atoms with Crippen LogP contribution in [0.25, 0.3) is 0 Å². The normalized spacial score (nSPS) is 18.4. The highest BCUT2D eigenvalue weighted by atomic mass is 32.2. The number of allylic oxidation sites excluding steroid dienone is 1. The Morgan fingerprint density at radius 1 is 1.46 bits per heavy atom. The first-order chi connectivity index (χ1) is 11.7. The highest BCUT2D eigenvalue weighted by Crippen LogP contribution is 2.26. The Kier molecular flexibility index (Phi) is 7.51. The third-order valence-electron chi connectivity index (χ3n) is 3.55. The maximum absolute atomic E-state index is 10.3. The number of amides is 1. The molecule has 1 aromatic rings. The average Bonchev–Trinajstić information content (AvgIpc) is 2.62. The fraction of sp³-hybridized carbons (Fsp3) is 0.353. The molecule has 3 N–H and O–H groups in total. The lowest BCUT2D eigenvalue weighted by molar-refractivity contribution is -0.109. The van der Waals surface area contributed by atoms with Crippen molar-refractivity contribution in [1.29, 1.82) is 5.41 Å². The van der Waals surface area contributed by atoms with Crippen molar-refractivity contribution < 1.29 is 9.53 Å². The van der Waals surface area contributed by atoms with Crippen LogP contribution in [0.1, 0.15) is 30.4 Å². The molecule has 0 saturated carbocycles. The molecule has 0 radical (unpaired) electrons. The van der Waals surface area contributed by atoms with Crippen molar-refractivity contribution in [2.45, 2.75) is 37.3 Å². The van der Waals surface area contributed by atoms with Gasteiger partial charge in [0.15, 0.2) is 0 Å². The maximum Gasteiger partial charge on any atom is 0.227 e. The van der Waals surface area contributed by atoms with Crippen LogP contribution in [0.3, 0.4) is 0 Å². The number of ether oxygens (including phenoxy) is 1. The number of nitrogens with one attached hydrogen (secondary N) is 3. The number of nitrogens with zero attached hydrogens (tertiary/aromatic N) is 1. The monoisotopic (exact) mass is 346 g/mol. The van der Waals surface area contributed by atoms with Gasteiger partial charge in [-0.2, -0.15) is 5.10 Å². The highest BCUT2D eigenvalue weighted by molar-refractivity contribution is 8.03. The summed E-state index contributed by atoms with van der Waals surface area (Å²) in [4.78, 5) is 12.0. The lowest BCUT2D eigenvalue weighted by atomic mass is 10.1. The van der Waals surface area contributed by atoms with E-state index in [-0.39, 0.29) is 6.23 Å². The van der Waals surface area contributed by atoms with Crippen molar-refractivity contribution in [1.82, 2.24) is 10.7 Å². The number of hydrogen-bond donors (Lipinski definition) is 3. The summed E-state index contributed by atoms with van der Waals surface area (Å²) >= 11 is 1.49. The minimum atomic E-state index is 0.0319. The number of hydrazone groups is 1. The molecular formula is C17H22N4O2S. The molecule has 0 spiro atoms. The van der Waals surface area contributed by atoms with Gasteiger partial charge < -0.3 is 15.5 Å². The van der Waals surface area contributed by atoms with Crippen molar-refractivity contribution in [3.63, 3.8) is 0 Å². The van der Waals surface area contributed by atoms with Crippen LogP contribution in [0.5, 0.6) is 0 Å². The van der Waals surface area contributed by atoms with Crippen LogP contribution in [0.15, 0.2) is 39.3 Å². The smallest absolute Gasteiger partial charge is 0.227 e. The number of rotatable bonds is 8. The quantitative estimate of drug-likeness (QED) is 0.292. The molecule has 128 valence electrons. The summed E-state index contributed by atoms with van der Waals surface area (Å²) in [6, 6.07) is 5.97. The van der Waals surface area contributed by atoms with Gasteiger partial charge in [-0.3, -0.25) is 4.79 Å². The van der Waals surface area contributed by atoms with Crippen molar-refractivity contribution in [2.75, 3.05) is 6.61 Å². The average molecular weight is 346 g/mol. The van der Waals surface area contributed by atoms with Gasteiger partial charge in [0.25, 0.3) is 0 Å². The molecule has 1 unspecified atom stereocenters. The van der Waals surface area contributed by atoms with Gasteiger partial charge in [0.2, 0.25) is 6.41 Å². The molecular weight excluding hydrogens is 324 g/mol. The van der Waals surface area contributed by atoms with Crippen molar-refractivity contribution >= 4 is 30.6 Å². The zero-order valence-electron chi connectivity index (χ0n) is 13.6. The Morgan fingerprint density at radius 3 is 3.04 bits per heavy atom. The van der Waals surface area contributed by atoms with E-state index in [1.165, 1.54) is 18.0 Å². The largest absolute Gasteiger partial charge is 0.365 e. The second-order valence-corrected chi connectivity index (χ2v) is 6.49. The van der Waals surface area contributed by atoms with Gasteiger partial charge in [-0.25, -0.2) is 5.43 Å². The minimum Gasteiger partial charge on any atom is -0.365 e. The lowest BCUT2D eigenvalue weighted by Crippen LogP contribution is -2.31. The molecule has 1 fully saturated rings. The molecule has 24 heavy (non-hydrogen) atoms. The summed E-state index contributed by atoms with van der Waals surface area (Å²) in [5.74, 6) is 0. The summed E-state index contributed by atoms with van der Waals surface area (Å²) in [5.41, 5.74) is 4.24. The molecule has 6 nitrogen and oxygen atoms in total. The highest BCUT2D eigenvalue weighted by Gasteiger charge is 2.11. The Bertz CT molecular complexity index is 625. The van der Waals surface area contributed by atoms with E-state index >= 15 is 0 Å². The van der Waals surface area contributed by atoms with Crippen LogP contribution in [-0.2, 0) is 9.53 Å². The molecule has 1 atom stereocenters. The van der Waals surface area contributed by atoms with Crippen LogP contribution >= 0.6 is 11.8 Å². The van der Waals surface area contributed by atoms with Gasteiger partial charge in [0, 0.05) is 28.8 Å². The van der Waals surface area contributed by atoms with Gasteiger partial charge in [-0.05, 0) is 49.4 Å². The topological polar surface area (TPSA) is 86.6 Å². The van der Waals surface area contributed by atoms with Gasteiger partial charge in [0.1, 0.15) is 6.23 Å². The van der Waals surface area contributed by atoms with Crippen LogP contribution in [0.2, 0.25) is 0 Å². The number of hydrogen-bond acceptors (Lipinski definition) is 6. The van der Waals surface area contributed by atoms with Gasteiger partial charge in [-0.15, -0.1) is 0 Å².